The lowest BCUT2D eigenvalue weighted by Gasteiger charge is -2.31. The molecule has 0 fully saturated rings. The Morgan fingerprint density at radius 1 is 1.15 bits per heavy atom. The standard InChI is InChI=1S/C17H29NO2/c1-17(2,3)15(13-18-10-11-19-4)12-14-8-6-7-9-16(14)20-5/h6-9,15,18H,10-13H2,1-5H3. The number of hydrogen-bond acceptors (Lipinski definition) is 3. The van der Waals surface area contributed by atoms with Crippen LogP contribution in [0.3, 0.4) is 0 Å². The third-order valence-corrected chi connectivity index (χ3v) is 3.76. The molecule has 0 amide bonds. The summed E-state index contributed by atoms with van der Waals surface area (Å²) in [5.41, 5.74) is 1.53. The average molecular weight is 279 g/mol. The van der Waals surface area contributed by atoms with Crippen LogP contribution in [0.2, 0.25) is 0 Å². The molecule has 1 aromatic carbocycles. The molecule has 0 heterocycles. The molecular weight excluding hydrogens is 250 g/mol. The van der Waals surface area contributed by atoms with Crippen molar-refractivity contribution in [3.8, 4) is 5.75 Å². The fourth-order valence-corrected chi connectivity index (χ4v) is 2.27. The van der Waals surface area contributed by atoms with Crippen molar-refractivity contribution in [2.24, 2.45) is 11.3 Å². The maximum atomic E-state index is 5.46. The molecule has 3 heteroatoms. The molecule has 0 aliphatic rings. The summed E-state index contributed by atoms with van der Waals surface area (Å²) in [5.74, 6) is 1.54. The molecule has 0 aliphatic carbocycles. The van der Waals surface area contributed by atoms with Gasteiger partial charge in [0.25, 0.3) is 0 Å². The summed E-state index contributed by atoms with van der Waals surface area (Å²) in [4.78, 5) is 0. The fraction of sp³-hybridized carbons (Fsp3) is 0.647. The summed E-state index contributed by atoms with van der Waals surface area (Å²) in [6.45, 7) is 9.53. The minimum Gasteiger partial charge on any atom is -0.496 e. The summed E-state index contributed by atoms with van der Waals surface area (Å²) in [7, 11) is 3.47. The van der Waals surface area contributed by atoms with Crippen LogP contribution >= 0.6 is 0 Å². The van der Waals surface area contributed by atoms with E-state index >= 15 is 0 Å². The topological polar surface area (TPSA) is 30.5 Å². The number of ether oxygens (including phenoxy) is 2. The molecule has 0 aliphatic heterocycles. The van der Waals surface area contributed by atoms with Crippen LogP contribution in [0.25, 0.3) is 0 Å². The van der Waals surface area contributed by atoms with E-state index in [-0.39, 0.29) is 5.41 Å². The zero-order chi connectivity index (χ0) is 15.0. The van der Waals surface area contributed by atoms with Crippen LogP contribution in [0.4, 0.5) is 0 Å². The van der Waals surface area contributed by atoms with Gasteiger partial charge in [0.1, 0.15) is 5.75 Å². The van der Waals surface area contributed by atoms with Gasteiger partial charge in [-0.3, -0.25) is 0 Å². The SMILES string of the molecule is COCCNCC(Cc1ccccc1OC)C(C)(C)C. The monoisotopic (exact) mass is 279 g/mol. The predicted molar refractivity (Wildman–Crippen MR) is 84.4 cm³/mol. The summed E-state index contributed by atoms with van der Waals surface area (Å²) < 4.78 is 10.5. The quantitative estimate of drug-likeness (QED) is 0.742. The molecule has 0 saturated carbocycles. The molecular formula is C17H29NO2. The van der Waals surface area contributed by atoms with Crippen molar-refractivity contribution in [2.75, 3.05) is 33.9 Å². The van der Waals surface area contributed by atoms with E-state index < -0.39 is 0 Å². The Balaban J connectivity index is 2.69. The zero-order valence-corrected chi connectivity index (χ0v) is 13.5. The molecule has 3 nitrogen and oxygen atoms in total. The van der Waals surface area contributed by atoms with Crippen molar-refractivity contribution in [3.63, 3.8) is 0 Å². The van der Waals surface area contributed by atoms with Crippen LogP contribution in [0.15, 0.2) is 24.3 Å². The maximum Gasteiger partial charge on any atom is 0.122 e. The van der Waals surface area contributed by atoms with Gasteiger partial charge in [-0.05, 0) is 35.9 Å². The molecule has 114 valence electrons. The van der Waals surface area contributed by atoms with E-state index in [4.69, 9.17) is 9.47 Å². The van der Waals surface area contributed by atoms with Gasteiger partial charge in [0, 0.05) is 13.7 Å². The molecule has 1 rings (SSSR count). The van der Waals surface area contributed by atoms with Gasteiger partial charge in [-0.2, -0.15) is 0 Å². The van der Waals surface area contributed by atoms with Crippen molar-refractivity contribution < 1.29 is 9.47 Å². The minimum atomic E-state index is 0.251. The van der Waals surface area contributed by atoms with Crippen LogP contribution in [0.1, 0.15) is 26.3 Å². The maximum absolute atomic E-state index is 5.46. The Morgan fingerprint density at radius 3 is 2.45 bits per heavy atom. The van der Waals surface area contributed by atoms with E-state index in [0.29, 0.717) is 5.92 Å². The highest BCUT2D eigenvalue weighted by atomic mass is 16.5. The van der Waals surface area contributed by atoms with Gasteiger partial charge in [-0.1, -0.05) is 39.0 Å². The lowest BCUT2D eigenvalue weighted by atomic mass is 9.77. The summed E-state index contributed by atoms with van der Waals surface area (Å²) in [6.07, 6.45) is 1.02. The first kappa shape index (κ1) is 17.0. The number of nitrogens with one attached hydrogen (secondary N) is 1. The number of para-hydroxylation sites is 1. The zero-order valence-electron chi connectivity index (χ0n) is 13.5. The van der Waals surface area contributed by atoms with Gasteiger partial charge in [0.05, 0.1) is 13.7 Å². The highest BCUT2D eigenvalue weighted by molar-refractivity contribution is 5.33. The predicted octanol–water partition coefficient (Wildman–Crippen LogP) is 3.14. The second kappa shape index (κ2) is 8.28. The van der Waals surface area contributed by atoms with Crippen molar-refractivity contribution in [3.05, 3.63) is 29.8 Å². The number of benzene rings is 1. The van der Waals surface area contributed by atoms with E-state index in [1.165, 1.54) is 5.56 Å². The van der Waals surface area contributed by atoms with Gasteiger partial charge < -0.3 is 14.8 Å². The first-order valence-corrected chi connectivity index (χ1v) is 7.30. The minimum absolute atomic E-state index is 0.251. The molecule has 1 unspecified atom stereocenters. The second-order valence-corrected chi connectivity index (χ2v) is 6.28. The first-order chi connectivity index (χ1) is 9.49. The highest BCUT2D eigenvalue weighted by Gasteiger charge is 2.25. The van der Waals surface area contributed by atoms with Crippen LogP contribution in [0.5, 0.6) is 5.75 Å². The van der Waals surface area contributed by atoms with E-state index in [0.717, 1.165) is 31.9 Å². The third-order valence-electron chi connectivity index (χ3n) is 3.76. The Kier molecular flexibility index (Phi) is 7.03. The Morgan fingerprint density at radius 2 is 1.85 bits per heavy atom. The smallest absolute Gasteiger partial charge is 0.122 e. The van der Waals surface area contributed by atoms with Gasteiger partial charge >= 0.3 is 0 Å². The lowest BCUT2D eigenvalue weighted by Crippen LogP contribution is -2.34. The van der Waals surface area contributed by atoms with Crippen molar-refractivity contribution >= 4 is 0 Å². The summed E-state index contributed by atoms with van der Waals surface area (Å²) in [6, 6.07) is 8.29. The Labute approximate surface area is 123 Å². The summed E-state index contributed by atoms with van der Waals surface area (Å²) >= 11 is 0. The molecule has 1 N–H and O–H groups in total. The molecule has 0 saturated heterocycles. The second-order valence-electron chi connectivity index (χ2n) is 6.28. The van der Waals surface area contributed by atoms with Crippen molar-refractivity contribution in [1.82, 2.24) is 5.32 Å². The number of methoxy groups -OCH3 is 2. The van der Waals surface area contributed by atoms with Gasteiger partial charge in [-0.25, -0.2) is 0 Å². The molecule has 0 aromatic heterocycles. The van der Waals surface area contributed by atoms with Crippen LogP contribution in [-0.2, 0) is 11.2 Å². The number of rotatable bonds is 8. The first-order valence-electron chi connectivity index (χ1n) is 7.30. The highest BCUT2D eigenvalue weighted by Crippen LogP contribution is 2.31. The third kappa shape index (κ3) is 5.51. The van der Waals surface area contributed by atoms with Crippen molar-refractivity contribution in [1.29, 1.82) is 0 Å². The molecule has 20 heavy (non-hydrogen) atoms. The Hall–Kier alpha value is -1.06. The van der Waals surface area contributed by atoms with Crippen LogP contribution < -0.4 is 10.1 Å². The van der Waals surface area contributed by atoms with E-state index in [1.54, 1.807) is 14.2 Å². The molecule has 1 atom stereocenters. The van der Waals surface area contributed by atoms with Crippen LogP contribution in [0, 0.1) is 11.3 Å². The fourth-order valence-electron chi connectivity index (χ4n) is 2.27. The average Bonchev–Trinajstić information content (AvgIpc) is 2.41. The van der Waals surface area contributed by atoms with Gasteiger partial charge in [0.2, 0.25) is 0 Å². The summed E-state index contributed by atoms with van der Waals surface area (Å²) in [5, 5.41) is 3.48. The normalized spacial score (nSPS) is 13.2. The Bertz CT molecular complexity index is 385. The largest absolute Gasteiger partial charge is 0.496 e. The van der Waals surface area contributed by atoms with Crippen molar-refractivity contribution in [2.45, 2.75) is 27.2 Å². The molecule has 0 spiro atoms. The molecule has 0 bridgehead atoms. The van der Waals surface area contributed by atoms with Gasteiger partial charge in [-0.15, -0.1) is 0 Å². The van der Waals surface area contributed by atoms with Gasteiger partial charge in [0.15, 0.2) is 0 Å². The molecule has 0 radical (unpaired) electrons. The van der Waals surface area contributed by atoms with Crippen LogP contribution in [-0.4, -0.2) is 33.9 Å². The van der Waals surface area contributed by atoms with E-state index in [9.17, 15) is 0 Å². The lowest BCUT2D eigenvalue weighted by molar-refractivity contribution is 0.186. The van der Waals surface area contributed by atoms with E-state index in [2.05, 4.69) is 38.2 Å². The molecule has 1 aromatic rings. The number of hydrogen-bond donors (Lipinski definition) is 1. The van der Waals surface area contributed by atoms with E-state index in [1.807, 2.05) is 12.1 Å².